The number of carbonyl (C=O) groups excluding carboxylic acids is 4. The molecule has 7 heteroatoms. The van der Waals surface area contributed by atoms with E-state index in [1.54, 1.807) is 4.90 Å². The van der Waals surface area contributed by atoms with E-state index in [4.69, 9.17) is 0 Å². The van der Waals surface area contributed by atoms with Crippen molar-refractivity contribution in [3.8, 4) is 0 Å². The molecule has 0 radical (unpaired) electrons. The Bertz CT molecular complexity index is 466. The molecular formula is C13H19N3O4. The molecule has 2 fully saturated rings. The first-order valence-corrected chi connectivity index (χ1v) is 6.72. The van der Waals surface area contributed by atoms with Crippen molar-refractivity contribution < 1.29 is 19.2 Å². The van der Waals surface area contributed by atoms with Gasteiger partial charge in [0.05, 0.1) is 0 Å². The van der Waals surface area contributed by atoms with E-state index in [1.165, 1.54) is 7.05 Å². The number of rotatable bonds is 2. The van der Waals surface area contributed by atoms with E-state index >= 15 is 0 Å². The minimum Gasteiger partial charge on any atom is -0.341 e. The third-order valence-electron chi connectivity index (χ3n) is 3.77. The maximum absolute atomic E-state index is 12.2. The zero-order valence-corrected chi connectivity index (χ0v) is 12.0. The molecule has 0 aromatic rings. The average Bonchev–Trinajstić information content (AvgIpc) is 2.55. The van der Waals surface area contributed by atoms with Crippen molar-refractivity contribution in [1.29, 1.82) is 0 Å². The highest BCUT2D eigenvalue weighted by molar-refractivity contribution is 6.44. The largest absolute Gasteiger partial charge is 0.341 e. The number of nitrogens with zero attached hydrogens (tertiary/aromatic N) is 3. The van der Waals surface area contributed by atoms with Crippen LogP contribution in [0.2, 0.25) is 0 Å². The van der Waals surface area contributed by atoms with Gasteiger partial charge in [-0.25, -0.2) is 9.69 Å². The number of amides is 5. The van der Waals surface area contributed by atoms with Crippen LogP contribution in [0.15, 0.2) is 0 Å². The number of hydrogen-bond donors (Lipinski definition) is 0. The summed E-state index contributed by atoms with van der Waals surface area (Å²) >= 11 is 0. The molecule has 0 aliphatic carbocycles. The van der Waals surface area contributed by atoms with Gasteiger partial charge in [-0.15, -0.1) is 0 Å². The Labute approximate surface area is 117 Å². The molecule has 0 unspecified atom stereocenters. The van der Waals surface area contributed by atoms with Crippen LogP contribution in [0, 0.1) is 11.8 Å². The Kier molecular flexibility index (Phi) is 3.78. The molecule has 2 rings (SSSR count). The zero-order valence-electron chi connectivity index (χ0n) is 12.0. The number of carbonyl (C=O) groups is 4. The molecule has 0 spiro atoms. The molecule has 7 nitrogen and oxygen atoms in total. The first kappa shape index (κ1) is 14.5. The molecule has 2 aliphatic heterocycles. The molecule has 0 saturated carbocycles. The second-order valence-electron chi connectivity index (χ2n) is 5.78. The van der Waals surface area contributed by atoms with Gasteiger partial charge in [-0.1, -0.05) is 13.8 Å². The fraction of sp³-hybridized carbons (Fsp3) is 0.692. The van der Waals surface area contributed by atoms with Crippen molar-refractivity contribution in [2.45, 2.75) is 20.3 Å². The van der Waals surface area contributed by atoms with Crippen LogP contribution in [0.4, 0.5) is 4.79 Å². The average molecular weight is 281 g/mol. The van der Waals surface area contributed by atoms with Crippen molar-refractivity contribution in [2.75, 3.05) is 26.7 Å². The number of likely N-dealkylation sites (N-methyl/N-ethyl adjacent to an activating group) is 1. The lowest BCUT2D eigenvalue weighted by Gasteiger charge is -2.35. The minimum atomic E-state index is -0.927. The summed E-state index contributed by atoms with van der Waals surface area (Å²) in [6.07, 6.45) is 1.06. The first-order valence-electron chi connectivity index (χ1n) is 6.72. The second kappa shape index (κ2) is 5.22. The topological polar surface area (TPSA) is 78.0 Å². The number of imide groups is 2. The molecule has 2 saturated heterocycles. The predicted octanol–water partition coefficient (Wildman–Crippen LogP) is -0.0885. The van der Waals surface area contributed by atoms with Gasteiger partial charge >= 0.3 is 17.8 Å². The fourth-order valence-corrected chi connectivity index (χ4v) is 2.85. The lowest BCUT2D eigenvalue weighted by atomic mass is 9.92. The monoisotopic (exact) mass is 281 g/mol. The van der Waals surface area contributed by atoms with E-state index < -0.39 is 17.8 Å². The molecule has 110 valence electrons. The summed E-state index contributed by atoms with van der Waals surface area (Å²) in [7, 11) is 1.23. The van der Waals surface area contributed by atoms with E-state index in [9.17, 15) is 19.2 Å². The Morgan fingerprint density at radius 1 is 1.10 bits per heavy atom. The molecular weight excluding hydrogens is 262 g/mol. The van der Waals surface area contributed by atoms with Crippen molar-refractivity contribution in [3.05, 3.63) is 0 Å². The van der Waals surface area contributed by atoms with E-state index in [0.717, 1.165) is 11.3 Å². The maximum atomic E-state index is 12.2. The molecule has 2 heterocycles. The quantitative estimate of drug-likeness (QED) is 0.523. The molecule has 20 heavy (non-hydrogen) atoms. The number of piperidine rings is 1. The summed E-state index contributed by atoms with van der Waals surface area (Å²) in [5.74, 6) is -1.30. The van der Waals surface area contributed by atoms with Crippen molar-refractivity contribution in [3.63, 3.8) is 0 Å². The van der Waals surface area contributed by atoms with Crippen LogP contribution < -0.4 is 0 Å². The first-order chi connectivity index (χ1) is 9.31. The zero-order chi connectivity index (χ0) is 15.0. The minimum absolute atomic E-state index is 0.284. The molecule has 0 N–H and O–H groups in total. The van der Waals surface area contributed by atoms with Crippen LogP contribution in [-0.4, -0.2) is 65.1 Å². The lowest BCUT2D eigenvalue weighted by Crippen LogP contribution is -2.48. The van der Waals surface area contributed by atoms with E-state index in [2.05, 4.69) is 13.8 Å². The van der Waals surface area contributed by atoms with Crippen LogP contribution in [0.25, 0.3) is 0 Å². The van der Waals surface area contributed by atoms with Crippen LogP contribution in [0.5, 0.6) is 0 Å². The highest BCUT2D eigenvalue weighted by Crippen LogP contribution is 2.21. The maximum Gasteiger partial charge on any atom is 0.334 e. The Morgan fingerprint density at radius 2 is 1.65 bits per heavy atom. The Morgan fingerprint density at radius 3 is 2.10 bits per heavy atom. The lowest BCUT2D eigenvalue weighted by molar-refractivity contribution is -0.145. The summed E-state index contributed by atoms with van der Waals surface area (Å²) in [6.45, 7) is 5.04. The van der Waals surface area contributed by atoms with Gasteiger partial charge < -0.3 is 4.90 Å². The van der Waals surface area contributed by atoms with Gasteiger partial charge in [0.25, 0.3) is 0 Å². The van der Waals surface area contributed by atoms with Crippen LogP contribution in [-0.2, 0) is 14.4 Å². The molecule has 5 amide bonds. The number of likely N-dealkylation sites (tertiary alicyclic amines) is 1. The number of urea groups is 1. The van der Waals surface area contributed by atoms with Gasteiger partial charge in [-0.05, 0) is 18.3 Å². The van der Waals surface area contributed by atoms with Gasteiger partial charge in [0.1, 0.15) is 6.54 Å². The molecule has 0 bridgehead atoms. The second-order valence-corrected chi connectivity index (χ2v) is 5.78. The third-order valence-corrected chi connectivity index (χ3v) is 3.77. The third kappa shape index (κ3) is 2.52. The van der Waals surface area contributed by atoms with Gasteiger partial charge in [0, 0.05) is 20.1 Å². The highest BCUT2D eigenvalue weighted by atomic mass is 16.2. The normalized spacial score (nSPS) is 27.6. The van der Waals surface area contributed by atoms with E-state index in [1.807, 2.05) is 0 Å². The predicted molar refractivity (Wildman–Crippen MR) is 69.4 cm³/mol. The number of hydrogen-bond acceptors (Lipinski definition) is 4. The fourth-order valence-electron chi connectivity index (χ4n) is 2.85. The summed E-state index contributed by atoms with van der Waals surface area (Å²) in [5, 5.41) is 0. The van der Waals surface area contributed by atoms with Gasteiger partial charge in [-0.3, -0.25) is 19.3 Å². The smallest absolute Gasteiger partial charge is 0.334 e. The molecule has 0 aromatic heterocycles. The highest BCUT2D eigenvalue weighted by Gasteiger charge is 2.43. The summed E-state index contributed by atoms with van der Waals surface area (Å²) < 4.78 is 0. The summed E-state index contributed by atoms with van der Waals surface area (Å²) in [6, 6.07) is -0.730. The van der Waals surface area contributed by atoms with Crippen LogP contribution in [0.3, 0.4) is 0 Å². The molecule has 2 atom stereocenters. The van der Waals surface area contributed by atoms with Gasteiger partial charge in [-0.2, -0.15) is 0 Å². The molecule has 0 aromatic carbocycles. The SMILES string of the molecule is C[C@@H]1C[C@H](C)CN(C(=O)CN2C(=O)C(=O)N(C)C2=O)C1. The summed E-state index contributed by atoms with van der Waals surface area (Å²) in [5.41, 5.74) is 0. The van der Waals surface area contributed by atoms with Gasteiger partial charge in [0.15, 0.2) is 0 Å². The van der Waals surface area contributed by atoms with Crippen LogP contribution >= 0.6 is 0 Å². The van der Waals surface area contributed by atoms with Crippen molar-refractivity contribution in [2.24, 2.45) is 11.8 Å². The van der Waals surface area contributed by atoms with Crippen molar-refractivity contribution in [1.82, 2.24) is 14.7 Å². The molecule has 2 aliphatic rings. The standard InChI is InChI=1S/C13H19N3O4/c1-8-4-9(2)6-15(5-8)10(17)7-16-12(19)11(18)14(3)13(16)20/h8-9H,4-7H2,1-3H3/t8-,9+. The van der Waals surface area contributed by atoms with E-state index in [-0.39, 0.29) is 12.5 Å². The van der Waals surface area contributed by atoms with Crippen LogP contribution in [0.1, 0.15) is 20.3 Å². The van der Waals surface area contributed by atoms with Crippen molar-refractivity contribution >= 4 is 23.8 Å². The van der Waals surface area contributed by atoms with Gasteiger partial charge in [0.2, 0.25) is 5.91 Å². The Hall–Kier alpha value is -1.92. The summed E-state index contributed by atoms with van der Waals surface area (Å²) in [4.78, 5) is 50.0. The van der Waals surface area contributed by atoms with E-state index in [0.29, 0.717) is 29.8 Å². The Balaban J connectivity index is 2.03.